The zero-order valence-electron chi connectivity index (χ0n) is 12.0. The fourth-order valence-corrected chi connectivity index (χ4v) is 3.90. The normalized spacial score (nSPS) is 18.6. The first-order chi connectivity index (χ1) is 9.76. The van der Waals surface area contributed by atoms with Gasteiger partial charge in [0, 0.05) is 6.54 Å². The van der Waals surface area contributed by atoms with Gasteiger partial charge in [-0.3, -0.25) is 4.79 Å². The molecule has 1 saturated heterocycles. The van der Waals surface area contributed by atoms with Crippen LogP contribution in [0.3, 0.4) is 0 Å². The van der Waals surface area contributed by atoms with E-state index in [1.807, 2.05) is 35.7 Å². The van der Waals surface area contributed by atoms with Crippen molar-refractivity contribution in [3.05, 3.63) is 29.8 Å². The lowest BCUT2D eigenvalue weighted by molar-refractivity contribution is -0.128. The number of benzene rings is 1. The molecule has 0 saturated carbocycles. The maximum Gasteiger partial charge on any atom is 0.233 e. The molecule has 0 radical (unpaired) electrons. The molecule has 1 heterocycles. The molecule has 1 atom stereocenters. The molecule has 1 aromatic rings. The van der Waals surface area contributed by atoms with Crippen LogP contribution in [0, 0.1) is 0 Å². The smallest absolute Gasteiger partial charge is 0.233 e. The Bertz CT molecular complexity index is 453. The minimum atomic E-state index is 0.143. The number of hydrogen-bond donors (Lipinski definition) is 0. The van der Waals surface area contributed by atoms with E-state index in [-0.39, 0.29) is 11.3 Å². The number of carbonyl (C=O) groups is 1. The van der Waals surface area contributed by atoms with Crippen molar-refractivity contribution in [1.29, 1.82) is 0 Å². The van der Waals surface area contributed by atoms with Crippen LogP contribution in [0.4, 0.5) is 0 Å². The van der Waals surface area contributed by atoms with Gasteiger partial charge in [-0.25, -0.2) is 0 Å². The largest absolute Gasteiger partial charge is 0.494 e. The molecular formula is C15H21NO2S2. The maximum absolute atomic E-state index is 12.0. The van der Waals surface area contributed by atoms with Gasteiger partial charge in [-0.1, -0.05) is 12.1 Å². The van der Waals surface area contributed by atoms with E-state index in [2.05, 4.69) is 18.4 Å². The molecule has 2 rings (SSSR count). The fourth-order valence-electron chi connectivity index (χ4n) is 2.28. The molecule has 0 bridgehead atoms. The molecule has 5 heteroatoms. The van der Waals surface area contributed by atoms with Crippen LogP contribution in [-0.2, 0) is 4.79 Å². The minimum Gasteiger partial charge on any atom is -0.494 e. The summed E-state index contributed by atoms with van der Waals surface area (Å²) in [7, 11) is 0. The fraction of sp³-hybridized carbons (Fsp3) is 0.533. The molecule has 20 heavy (non-hydrogen) atoms. The van der Waals surface area contributed by atoms with E-state index >= 15 is 0 Å². The molecule has 0 N–H and O–H groups in total. The van der Waals surface area contributed by atoms with E-state index in [4.69, 9.17) is 4.74 Å². The van der Waals surface area contributed by atoms with E-state index in [1.54, 1.807) is 11.8 Å². The Morgan fingerprint density at radius 3 is 3.10 bits per heavy atom. The van der Waals surface area contributed by atoms with E-state index in [0.717, 1.165) is 30.0 Å². The number of carbonyl (C=O) groups excluding carboxylic acids is 1. The van der Waals surface area contributed by atoms with Crippen molar-refractivity contribution in [2.45, 2.75) is 18.7 Å². The number of amides is 1. The van der Waals surface area contributed by atoms with Crippen LogP contribution in [0.25, 0.3) is 0 Å². The lowest BCUT2D eigenvalue weighted by Gasteiger charge is -2.24. The zero-order valence-corrected chi connectivity index (χ0v) is 13.6. The molecule has 1 fully saturated rings. The number of hydrogen-bond acceptors (Lipinski definition) is 4. The summed E-state index contributed by atoms with van der Waals surface area (Å²) < 4.78 is 5.55. The Balaban J connectivity index is 2.09. The van der Waals surface area contributed by atoms with Crippen LogP contribution in [0.15, 0.2) is 24.3 Å². The van der Waals surface area contributed by atoms with E-state index < -0.39 is 0 Å². The van der Waals surface area contributed by atoms with Crippen LogP contribution in [0.1, 0.15) is 24.3 Å². The van der Waals surface area contributed by atoms with E-state index in [9.17, 15) is 4.79 Å². The van der Waals surface area contributed by atoms with Crippen molar-refractivity contribution in [1.82, 2.24) is 4.90 Å². The second-order valence-electron chi connectivity index (χ2n) is 4.60. The molecule has 3 nitrogen and oxygen atoms in total. The number of rotatable bonds is 7. The predicted octanol–water partition coefficient (Wildman–Crippen LogP) is 3.41. The highest BCUT2D eigenvalue weighted by Gasteiger charge is 2.32. The van der Waals surface area contributed by atoms with Gasteiger partial charge in [0.25, 0.3) is 0 Å². The predicted molar refractivity (Wildman–Crippen MR) is 87.5 cm³/mol. The van der Waals surface area contributed by atoms with Crippen LogP contribution in [0.5, 0.6) is 5.75 Å². The van der Waals surface area contributed by atoms with Gasteiger partial charge in [0.2, 0.25) is 5.91 Å². The van der Waals surface area contributed by atoms with Crippen LogP contribution in [-0.4, -0.2) is 41.7 Å². The minimum absolute atomic E-state index is 0.143. The van der Waals surface area contributed by atoms with Crippen molar-refractivity contribution >= 4 is 29.4 Å². The quantitative estimate of drug-likeness (QED) is 0.722. The summed E-state index contributed by atoms with van der Waals surface area (Å²) >= 11 is 3.54. The van der Waals surface area contributed by atoms with Crippen LogP contribution < -0.4 is 4.74 Å². The highest BCUT2D eigenvalue weighted by atomic mass is 32.2. The second kappa shape index (κ2) is 7.84. The Kier molecular flexibility index (Phi) is 6.10. The monoisotopic (exact) mass is 311 g/mol. The molecule has 1 aliphatic rings. The summed E-state index contributed by atoms with van der Waals surface area (Å²) in [6, 6.07) is 8.11. The third-order valence-electron chi connectivity index (χ3n) is 3.17. The number of thioether (sulfide) groups is 2. The third kappa shape index (κ3) is 3.85. The van der Waals surface area contributed by atoms with Crippen molar-refractivity contribution in [3.8, 4) is 5.75 Å². The van der Waals surface area contributed by atoms with E-state index in [1.165, 1.54) is 0 Å². The van der Waals surface area contributed by atoms with E-state index in [0.29, 0.717) is 12.4 Å². The Morgan fingerprint density at radius 1 is 1.50 bits per heavy atom. The van der Waals surface area contributed by atoms with Gasteiger partial charge < -0.3 is 9.64 Å². The molecule has 1 aliphatic heterocycles. The highest BCUT2D eigenvalue weighted by molar-refractivity contribution is 8.00. The summed E-state index contributed by atoms with van der Waals surface area (Å²) in [6.07, 6.45) is 3.15. The van der Waals surface area contributed by atoms with Gasteiger partial charge in [-0.15, -0.1) is 11.8 Å². The Labute approximate surface area is 129 Å². The molecule has 0 aromatic heterocycles. The summed E-state index contributed by atoms with van der Waals surface area (Å²) in [5.41, 5.74) is 1.16. The Morgan fingerprint density at radius 2 is 2.35 bits per heavy atom. The first-order valence-corrected chi connectivity index (χ1v) is 9.33. The molecule has 110 valence electrons. The van der Waals surface area contributed by atoms with Gasteiger partial charge in [0.05, 0.1) is 12.4 Å². The average Bonchev–Trinajstić information content (AvgIpc) is 2.81. The average molecular weight is 311 g/mol. The van der Waals surface area contributed by atoms with Crippen molar-refractivity contribution < 1.29 is 9.53 Å². The van der Waals surface area contributed by atoms with Gasteiger partial charge in [0.1, 0.15) is 11.1 Å². The molecular weight excluding hydrogens is 290 g/mol. The maximum atomic E-state index is 12.0. The molecule has 0 aliphatic carbocycles. The molecule has 1 amide bonds. The summed E-state index contributed by atoms with van der Waals surface area (Å²) in [5.74, 6) is 2.82. The lowest BCUT2D eigenvalue weighted by Crippen LogP contribution is -2.29. The van der Waals surface area contributed by atoms with Gasteiger partial charge in [-0.2, -0.15) is 11.8 Å². The van der Waals surface area contributed by atoms with Gasteiger partial charge in [-0.05, 0) is 43.0 Å². The first-order valence-electron chi connectivity index (χ1n) is 6.89. The summed E-state index contributed by atoms with van der Waals surface area (Å²) in [4.78, 5) is 14.0. The van der Waals surface area contributed by atoms with Gasteiger partial charge in [0.15, 0.2) is 0 Å². The standard InChI is InChI=1S/C15H21NO2S2/c1-3-18-13-7-4-6-12(10-13)15-16(8-5-9-19-2)14(17)11-20-15/h4,6-7,10,15H,3,5,8-9,11H2,1-2H3. The SMILES string of the molecule is CCOc1cccc(C2SCC(=O)N2CCCSC)c1. The summed E-state index contributed by atoms with van der Waals surface area (Å²) in [6.45, 7) is 3.49. The highest BCUT2D eigenvalue weighted by Crippen LogP contribution is 2.39. The Hall–Kier alpha value is -0.810. The molecule has 1 aromatic carbocycles. The topological polar surface area (TPSA) is 29.5 Å². The first kappa shape index (κ1) is 15.6. The number of ether oxygens (including phenoxy) is 1. The molecule has 0 spiro atoms. The van der Waals surface area contributed by atoms with Crippen molar-refractivity contribution in [2.24, 2.45) is 0 Å². The van der Waals surface area contributed by atoms with Gasteiger partial charge >= 0.3 is 0 Å². The second-order valence-corrected chi connectivity index (χ2v) is 6.66. The number of nitrogens with zero attached hydrogens (tertiary/aromatic N) is 1. The van der Waals surface area contributed by atoms with Crippen LogP contribution in [0.2, 0.25) is 0 Å². The lowest BCUT2D eigenvalue weighted by atomic mass is 10.2. The van der Waals surface area contributed by atoms with Crippen molar-refractivity contribution in [3.63, 3.8) is 0 Å². The van der Waals surface area contributed by atoms with Crippen LogP contribution >= 0.6 is 23.5 Å². The third-order valence-corrected chi connectivity index (χ3v) is 5.12. The zero-order chi connectivity index (χ0) is 14.4. The van der Waals surface area contributed by atoms with Crippen molar-refractivity contribution in [2.75, 3.05) is 30.9 Å². The summed E-state index contributed by atoms with van der Waals surface area (Å²) in [5, 5.41) is 0.143. The molecule has 1 unspecified atom stereocenters.